The molecule has 1 fully saturated rings. The normalized spacial score (nSPS) is 23.4. The second kappa shape index (κ2) is 9.09. The first-order valence-electron chi connectivity index (χ1n) is 10.0. The van der Waals surface area contributed by atoms with Crippen LogP contribution >= 0.6 is 22.9 Å². The van der Waals surface area contributed by atoms with Crippen molar-refractivity contribution in [1.82, 2.24) is 15.0 Å². The Morgan fingerprint density at radius 3 is 2.77 bits per heavy atom. The van der Waals surface area contributed by atoms with Gasteiger partial charge in [0.1, 0.15) is 27.8 Å². The van der Waals surface area contributed by atoms with Gasteiger partial charge in [-0.25, -0.2) is 9.97 Å². The minimum absolute atomic E-state index is 0.0284. The van der Waals surface area contributed by atoms with Crippen LogP contribution < -0.4 is 15.8 Å². The second-order valence-corrected chi connectivity index (χ2v) is 8.89. The van der Waals surface area contributed by atoms with Crippen LogP contribution in [-0.2, 0) is 0 Å². The van der Waals surface area contributed by atoms with Crippen molar-refractivity contribution in [2.75, 3.05) is 24.3 Å². The first-order valence-corrected chi connectivity index (χ1v) is 11.2. The lowest BCUT2D eigenvalue weighted by Crippen LogP contribution is -2.35. The molecule has 0 aliphatic heterocycles. The van der Waals surface area contributed by atoms with E-state index in [1.165, 1.54) is 11.3 Å². The van der Waals surface area contributed by atoms with Crippen molar-refractivity contribution in [2.24, 2.45) is 5.92 Å². The fourth-order valence-corrected chi connectivity index (χ4v) is 5.05. The molecule has 1 aromatic carbocycles. The third-order valence-corrected chi connectivity index (χ3v) is 6.60. The minimum Gasteiger partial charge on any atom is -0.494 e. The molecule has 0 radical (unpaired) electrons. The van der Waals surface area contributed by atoms with Crippen LogP contribution in [0.15, 0.2) is 18.2 Å². The number of benzene rings is 1. The summed E-state index contributed by atoms with van der Waals surface area (Å²) < 4.78 is 6.62. The van der Waals surface area contributed by atoms with E-state index in [2.05, 4.69) is 20.3 Å². The van der Waals surface area contributed by atoms with Crippen molar-refractivity contribution in [3.8, 4) is 16.3 Å². The molecule has 4 atom stereocenters. The molecule has 0 bridgehead atoms. The van der Waals surface area contributed by atoms with Gasteiger partial charge in [-0.3, -0.25) is 0 Å². The van der Waals surface area contributed by atoms with Gasteiger partial charge in [0, 0.05) is 12.5 Å². The van der Waals surface area contributed by atoms with E-state index in [0.29, 0.717) is 29.4 Å². The third-order valence-electron chi connectivity index (χ3n) is 5.29. The Balaban J connectivity index is 1.70. The fraction of sp³-hybridized carbons (Fsp3) is 0.450. The Labute approximate surface area is 187 Å². The monoisotopic (exact) mass is 465 g/mol. The number of fused-ring (bicyclic) bond motifs is 1. The van der Waals surface area contributed by atoms with Crippen molar-refractivity contribution < 1.29 is 20.1 Å². The number of hydrogen-bond acceptors (Lipinski definition) is 10. The largest absolute Gasteiger partial charge is 0.494 e. The molecule has 6 N–H and O–H groups in total. The predicted octanol–water partition coefficient (Wildman–Crippen LogP) is 2.29. The average molecular weight is 466 g/mol. The molecule has 2 heterocycles. The zero-order chi connectivity index (χ0) is 22.1. The summed E-state index contributed by atoms with van der Waals surface area (Å²) in [7, 11) is 0. The van der Waals surface area contributed by atoms with Crippen molar-refractivity contribution in [2.45, 2.75) is 38.0 Å². The molecule has 0 amide bonds. The summed E-state index contributed by atoms with van der Waals surface area (Å²) >= 11 is 7.83. The van der Waals surface area contributed by atoms with Crippen molar-refractivity contribution >= 4 is 44.9 Å². The van der Waals surface area contributed by atoms with Gasteiger partial charge in [-0.1, -0.05) is 18.5 Å². The number of nitrogens with two attached hydrogens (primary N) is 1. The van der Waals surface area contributed by atoms with Crippen LogP contribution in [0.5, 0.6) is 5.75 Å². The lowest BCUT2D eigenvalue weighted by molar-refractivity contribution is 0.00446. The van der Waals surface area contributed by atoms with Crippen LogP contribution in [0.4, 0.5) is 11.8 Å². The molecule has 0 spiro atoms. The molecular formula is C20H24ClN5O4S. The van der Waals surface area contributed by atoms with Gasteiger partial charge in [-0.05, 0) is 31.0 Å². The number of rotatable bonds is 7. The number of ether oxygens (including phenoxy) is 1. The summed E-state index contributed by atoms with van der Waals surface area (Å²) in [6, 6.07) is 5.13. The quantitative estimate of drug-likeness (QED) is 0.331. The van der Waals surface area contributed by atoms with E-state index in [0.717, 1.165) is 22.4 Å². The number of aliphatic hydroxyl groups is 3. The average Bonchev–Trinajstić information content (AvgIpc) is 3.27. The number of aromatic nitrogens is 3. The zero-order valence-corrected chi connectivity index (χ0v) is 18.4. The summed E-state index contributed by atoms with van der Waals surface area (Å²) in [6.07, 6.45) is -0.839. The zero-order valence-electron chi connectivity index (χ0n) is 16.8. The standard InChI is InChI=1S/C20H24ClN5O4S/c1-2-5-30-10-3-4-11-13(7-10)31-19(24-11)14-17(21)25-20(22)26-18(14)23-12-6-9(8-27)15(28)16(12)29/h3-4,7,9,12,15-16,27-29H,2,5-6,8H2,1H3,(H3,22,23,25,26)/t9-,12?,15-,16+/m1/s1. The first kappa shape index (κ1) is 22.0. The Hall–Kier alpha value is -2.24. The van der Waals surface area contributed by atoms with E-state index in [9.17, 15) is 15.3 Å². The summed E-state index contributed by atoms with van der Waals surface area (Å²) in [5, 5.41) is 33.8. The fourth-order valence-electron chi connectivity index (χ4n) is 3.69. The highest BCUT2D eigenvalue weighted by Crippen LogP contribution is 2.40. The third kappa shape index (κ3) is 4.39. The predicted molar refractivity (Wildman–Crippen MR) is 120 cm³/mol. The van der Waals surface area contributed by atoms with E-state index >= 15 is 0 Å². The van der Waals surface area contributed by atoms with Gasteiger partial charge < -0.3 is 31.1 Å². The second-order valence-electron chi connectivity index (χ2n) is 7.50. The molecule has 3 aromatic rings. The molecule has 11 heteroatoms. The van der Waals surface area contributed by atoms with E-state index in [1.54, 1.807) is 0 Å². The maximum absolute atomic E-state index is 10.4. The Bertz CT molecular complexity index is 1080. The smallest absolute Gasteiger partial charge is 0.223 e. The van der Waals surface area contributed by atoms with Gasteiger partial charge in [0.05, 0.1) is 34.5 Å². The Morgan fingerprint density at radius 1 is 1.26 bits per heavy atom. The SMILES string of the molecule is CCCOc1ccc2nc(-c3c(Cl)nc(N)nc3NC3C[C@H](CO)[C@@H](O)[C@H]3O)sc2c1. The van der Waals surface area contributed by atoms with E-state index in [4.69, 9.17) is 22.1 Å². The summed E-state index contributed by atoms with van der Waals surface area (Å²) in [5.74, 6) is 0.614. The van der Waals surface area contributed by atoms with Gasteiger partial charge in [-0.2, -0.15) is 4.98 Å². The van der Waals surface area contributed by atoms with Crippen molar-refractivity contribution in [3.63, 3.8) is 0 Å². The van der Waals surface area contributed by atoms with Gasteiger partial charge in [0.15, 0.2) is 0 Å². The van der Waals surface area contributed by atoms with Crippen LogP contribution in [0, 0.1) is 5.92 Å². The number of thiazole rings is 1. The maximum Gasteiger partial charge on any atom is 0.223 e. The van der Waals surface area contributed by atoms with E-state index in [1.807, 2.05) is 25.1 Å². The molecule has 4 rings (SSSR count). The number of halogens is 1. The lowest BCUT2D eigenvalue weighted by Gasteiger charge is -2.20. The molecule has 1 unspecified atom stereocenters. The van der Waals surface area contributed by atoms with Crippen LogP contribution in [0.3, 0.4) is 0 Å². The number of anilines is 2. The molecule has 166 valence electrons. The number of nitrogen functional groups attached to an aromatic ring is 1. The highest BCUT2D eigenvalue weighted by Gasteiger charge is 2.41. The van der Waals surface area contributed by atoms with E-state index in [-0.39, 0.29) is 17.7 Å². The lowest BCUT2D eigenvalue weighted by atomic mass is 10.1. The highest BCUT2D eigenvalue weighted by molar-refractivity contribution is 7.21. The number of nitrogens with zero attached hydrogens (tertiary/aromatic N) is 3. The van der Waals surface area contributed by atoms with Crippen LogP contribution in [-0.4, -0.2) is 61.7 Å². The van der Waals surface area contributed by atoms with Gasteiger partial charge in [0.25, 0.3) is 0 Å². The van der Waals surface area contributed by atoms with Crippen molar-refractivity contribution in [3.05, 3.63) is 23.4 Å². The molecule has 1 saturated carbocycles. The van der Waals surface area contributed by atoms with Gasteiger partial charge >= 0.3 is 0 Å². The Kier molecular flexibility index (Phi) is 6.44. The number of aliphatic hydroxyl groups excluding tert-OH is 3. The minimum atomic E-state index is -1.08. The van der Waals surface area contributed by atoms with Crippen molar-refractivity contribution in [1.29, 1.82) is 0 Å². The summed E-state index contributed by atoms with van der Waals surface area (Å²) in [4.78, 5) is 13.0. The molecule has 2 aromatic heterocycles. The molecule has 31 heavy (non-hydrogen) atoms. The van der Waals surface area contributed by atoms with Crippen LogP contribution in [0.1, 0.15) is 19.8 Å². The molecule has 1 aliphatic rings. The summed E-state index contributed by atoms with van der Waals surface area (Å²) in [6.45, 7) is 2.45. The number of hydrogen-bond donors (Lipinski definition) is 5. The highest BCUT2D eigenvalue weighted by atomic mass is 35.5. The van der Waals surface area contributed by atoms with Crippen LogP contribution in [0.25, 0.3) is 20.8 Å². The van der Waals surface area contributed by atoms with Crippen LogP contribution in [0.2, 0.25) is 5.15 Å². The topological polar surface area (TPSA) is 147 Å². The van der Waals surface area contributed by atoms with E-state index < -0.39 is 24.2 Å². The van der Waals surface area contributed by atoms with Gasteiger partial charge in [0.2, 0.25) is 5.95 Å². The molecular weight excluding hydrogens is 442 g/mol. The molecule has 9 nitrogen and oxygen atoms in total. The molecule has 1 aliphatic carbocycles. The van der Waals surface area contributed by atoms with Gasteiger partial charge in [-0.15, -0.1) is 11.3 Å². The molecule has 0 saturated heterocycles. The first-order chi connectivity index (χ1) is 14.9. The number of nitrogens with one attached hydrogen (secondary N) is 1. The summed E-state index contributed by atoms with van der Waals surface area (Å²) in [5.41, 5.74) is 7.04. The Morgan fingerprint density at radius 2 is 2.06 bits per heavy atom. The maximum atomic E-state index is 10.4.